The Morgan fingerprint density at radius 2 is 1.84 bits per heavy atom. The second kappa shape index (κ2) is 14.6. The molecule has 110 valence electrons. The van der Waals surface area contributed by atoms with Crippen LogP contribution in [0.1, 0.15) is 60.1 Å². The molecular formula is C16H29NO2. The Morgan fingerprint density at radius 1 is 1.26 bits per heavy atom. The Labute approximate surface area is 118 Å². The number of hydrogen-bond donors (Lipinski definition) is 1. The van der Waals surface area contributed by atoms with Gasteiger partial charge in [0.25, 0.3) is 0 Å². The highest BCUT2D eigenvalue weighted by molar-refractivity contribution is 5.91. The average molecular weight is 267 g/mol. The first-order valence-corrected chi connectivity index (χ1v) is 7.28. The van der Waals surface area contributed by atoms with Crippen LogP contribution in [0.3, 0.4) is 0 Å². The standard InChI is InChI=1S/C12H17NO2.2C2H6/c1-3-10(4-2)13-12(14)8-7-11-6-5-9-15-11;2*1-2/h5-10H,3-4H2,1-2H3,(H,13,14);2*1-2H3/b8-7+;;. The smallest absolute Gasteiger partial charge is 0.244 e. The molecule has 1 aromatic rings. The summed E-state index contributed by atoms with van der Waals surface area (Å²) >= 11 is 0. The second-order valence-electron chi connectivity index (χ2n) is 3.37. The summed E-state index contributed by atoms with van der Waals surface area (Å²) < 4.78 is 5.07. The van der Waals surface area contributed by atoms with Gasteiger partial charge in [-0.1, -0.05) is 41.5 Å². The largest absolute Gasteiger partial charge is 0.465 e. The number of carbonyl (C=O) groups excluding carboxylic acids is 1. The molecule has 0 aromatic carbocycles. The first-order chi connectivity index (χ1) is 9.26. The van der Waals surface area contributed by atoms with Crippen molar-refractivity contribution in [2.24, 2.45) is 0 Å². The average Bonchev–Trinajstić information content (AvgIpc) is 3.00. The molecule has 0 bridgehead atoms. The molecule has 0 aliphatic heterocycles. The van der Waals surface area contributed by atoms with E-state index in [4.69, 9.17) is 4.42 Å². The highest BCUT2D eigenvalue weighted by Gasteiger charge is 2.04. The van der Waals surface area contributed by atoms with Gasteiger partial charge < -0.3 is 9.73 Å². The maximum absolute atomic E-state index is 11.4. The fraction of sp³-hybridized carbons (Fsp3) is 0.562. The number of amides is 1. The maximum Gasteiger partial charge on any atom is 0.244 e. The lowest BCUT2D eigenvalue weighted by atomic mass is 10.2. The Bertz CT molecular complexity index is 311. The first-order valence-electron chi connectivity index (χ1n) is 7.28. The van der Waals surface area contributed by atoms with E-state index in [9.17, 15) is 4.79 Å². The van der Waals surface area contributed by atoms with Crippen molar-refractivity contribution in [2.75, 3.05) is 0 Å². The molecule has 1 rings (SSSR count). The molecule has 1 N–H and O–H groups in total. The van der Waals surface area contributed by atoms with Crippen LogP contribution in [0.5, 0.6) is 0 Å². The van der Waals surface area contributed by atoms with Crippen LogP contribution in [0.2, 0.25) is 0 Å². The van der Waals surface area contributed by atoms with Gasteiger partial charge in [0.15, 0.2) is 0 Å². The lowest BCUT2D eigenvalue weighted by Gasteiger charge is -2.12. The molecule has 0 radical (unpaired) electrons. The van der Waals surface area contributed by atoms with Crippen LogP contribution in [0, 0.1) is 0 Å². The molecule has 0 aliphatic carbocycles. The van der Waals surface area contributed by atoms with Gasteiger partial charge in [0.2, 0.25) is 5.91 Å². The van der Waals surface area contributed by atoms with Crippen LogP contribution in [0.4, 0.5) is 0 Å². The van der Waals surface area contributed by atoms with Crippen molar-refractivity contribution in [3.05, 3.63) is 30.2 Å². The Hall–Kier alpha value is -1.51. The SMILES string of the molecule is CC.CC.CCC(CC)NC(=O)/C=C/c1ccco1. The minimum Gasteiger partial charge on any atom is -0.465 e. The topological polar surface area (TPSA) is 42.2 Å². The summed E-state index contributed by atoms with van der Waals surface area (Å²) in [6.45, 7) is 12.1. The van der Waals surface area contributed by atoms with Crippen LogP contribution < -0.4 is 5.32 Å². The van der Waals surface area contributed by atoms with E-state index in [1.54, 1.807) is 24.5 Å². The molecule has 19 heavy (non-hydrogen) atoms. The van der Waals surface area contributed by atoms with Crippen molar-refractivity contribution in [3.63, 3.8) is 0 Å². The molecule has 1 aromatic heterocycles. The quantitative estimate of drug-likeness (QED) is 0.789. The van der Waals surface area contributed by atoms with E-state index in [2.05, 4.69) is 19.2 Å². The first kappa shape index (κ1) is 19.8. The van der Waals surface area contributed by atoms with Gasteiger partial charge in [-0.05, 0) is 31.1 Å². The summed E-state index contributed by atoms with van der Waals surface area (Å²) in [5.41, 5.74) is 0. The highest BCUT2D eigenvalue weighted by atomic mass is 16.3. The van der Waals surface area contributed by atoms with Crippen molar-refractivity contribution < 1.29 is 9.21 Å². The number of carbonyl (C=O) groups is 1. The fourth-order valence-corrected chi connectivity index (χ4v) is 1.29. The van der Waals surface area contributed by atoms with E-state index < -0.39 is 0 Å². The summed E-state index contributed by atoms with van der Waals surface area (Å²) in [5.74, 6) is 0.620. The van der Waals surface area contributed by atoms with Crippen LogP contribution in [0.25, 0.3) is 6.08 Å². The number of hydrogen-bond acceptors (Lipinski definition) is 2. The van der Waals surface area contributed by atoms with Crippen molar-refractivity contribution >= 4 is 12.0 Å². The maximum atomic E-state index is 11.4. The molecule has 0 spiro atoms. The van der Waals surface area contributed by atoms with Gasteiger partial charge >= 0.3 is 0 Å². The molecular weight excluding hydrogens is 238 g/mol. The van der Waals surface area contributed by atoms with Crippen LogP contribution in [-0.2, 0) is 4.79 Å². The lowest BCUT2D eigenvalue weighted by molar-refractivity contribution is -0.117. The van der Waals surface area contributed by atoms with Gasteiger partial charge in [-0.2, -0.15) is 0 Å². The molecule has 0 aliphatic rings. The van der Waals surface area contributed by atoms with E-state index in [1.165, 1.54) is 6.08 Å². The third-order valence-corrected chi connectivity index (χ3v) is 2.27. The second-order valence-corrected chi connectivity index (χ2v) is 3.37. The minimum atomic E-state index is -0.0694. The van der Waals surface area contributed by atoms with Gasteiger partial charge in [0.1, 0.15) is 5.76 Å². The molecule has 3 nitrogen and oxygen atoms in total. The van der Waals surface area contributed by atoms with Gasteiger partial charge in [-0.3, -0.25) is 4.79 Å². The molecule has 3 heteroatoms. The van der Waals surface area contributed by atoms with Gasteiger partial charge in [-0.15, -0.1) is 0 Å². The van der Waals surface area contributed by atoms with Crippen molar-refractivity contribution in [2.45, 2.75) is 60.4 Å². The lowest BCUT2D eigenvalue weighted by Crippen LogP contribution is -2.32. The van der Waals surface area contributed by atoms with Gasteiger partial charge in [0, 0.05) is 12.1 Å². The number of rotatable bonds is 5. The van der Waals surface area contributed by atoms with Crippen molar-refractivity contribution in [1.82, 2.24) is 5.32 Å². The molecule has 0 saturated carbocycles. The molecule has 0 saturated heterocycles. The van der Waals surface area contributed by atoms with Gasteiger partial charge in [0.05, 0.1) is 6.26 Å². The molecule has 1 heterocycles. The normalized spacial score (nSPS) is 9.42. The van der Waals surface area contributed by atoms with E-state index in [-0.39, 0.29) is 11.9 Å². The third kappa shape index (κ3) is 10.1. The molecule has 0 atom stereocenters. The van der Waals surface area contributed by atoms with E-state index >= 15 is 0 Å². The van der Waals surface area contributed by atoms with E-state index in [0.29, 0.717) is 5.76 Å². The minimum absolute atomic E-state index is 0.0694. The Morgan fingerprint density at radius 3 is 2.26 bits per heavy atom. The zero-order valence-electron chi connectivity index (χ0n) is 13.2. The zero-order valence-corrected chi connectivity index (χ0v) is 13.2. The zero-order chi connectivity index (χ0) is 15.1. The predicted molar refractivity (Wildman–Crippen MR) is 83.0 cm³/mol. The Kier molecular flexibility index (Phi) is 15.2. The van der Waals surface area contributed by atoms with E-state index in [1.807, 2.05) is 27.7 Å². The van der Waals surface area contributed by atoms with Crippen LogP contribution >= 0.6 is 0 Å². The van der Waals surface area contributed by atoms with Crippen molar-refractivity contribution in [3.8, 4) is 0 Å². The van der Waals surface area contributed by atoms with Gasteiger partial charge in [-0.25, -0.2) is 0 Å². The number of nitrogens with one attached hydrogen (secondary N) is 1. The fourth-order valence-electron chi connectivity index (χ4n) is 1.29. The van der Waals surface area contributed by atoms with E-state index in [0.717, 1.165) is 12.8 Å². The van der Waals surface area contributed by atoms with Crippen LogP contribution in [0.15, 0.2) is 28.9 Å². The summed E-state index contributed by atoms with van der Waals surface area (Å²) in [6.07, 6.45) is 6.65. The predicted octanol–water partition coefficient (Wildman–Crippen LogP) is 4.65. The molecule has 0 unspecified atom stereocenters. The molecule has 1 amide bonds. The summed E-state index contributed by atoms with van der Waals surface area (Å²) in [4.78, 5) is 11.4. The number of furan rings is 1. The third-order valence-electron chi connectivity index (χ3n) is 2.27. The highest BCUT2D eigenvalue weighted by Crippen LogP contribution is 2.02. The summed E-state index contributed by atoms with van der Waals surface area (Å²) in [6, 6.07) is 3.86. The van der Waals surface area contributed by atoms with Crippen molar-refractivity contribution in [1.29, 1.82) is 0 Å². The summed E-state index contributed by atoms with van der Waals surface area (Å²) in [7, 11) is 0. The molecule has 0 fully saturated rings. The monoisotopic (exact) mass is 267 g/mol. The summed E-state index contributed by atoms with van der Waals surface area (Å²) in [5, 5.41) is 2.91. The Balaban J connectivity index is 0. The van der Waals surface area contributed by atoms with Crippen LogP contribution in [-0.4, -0.2) is 11.9 Å².